The molecule has 0 amide bonds. The number of aliphatic hydroxyl groups excluding tert-OH is 5. The number of esters is 1. The van der Waals surface area contributed by atoms with E-state index in [1.165, 1.54) is 0 Å². The first-order chi connectivity index (χ1) is 13.0. The van der Waals surface area contributed by atoms with Gasteiger partial charge in [0, 0.05) is 0 Å². The molecule has 0 saturated carbocycles. The summed E-state index contributed by atoms with van der Waals surface area (Å²) in [5.74, 6) is -2.58. The lowest BCUT2D eigenvalue weighted by Gasteiger charge is -2.48. The van der Waals surface area contributed by atoms with Crippen LogP contribution in [0.2, 0.25) is 0 Å². The molecule has 9 nitrogen and oxygen atoms in total. The van der Waals surface area contributed by atoms with Crippen LogP contribution >= 0.6 is 0 Å². The molecule has 9 heteroatoms. The van der Waals surface area contributed by atoms with E-state index in [9.17, 15) is 35.4 Å². The average molecular weight is 402 g/mol. The number of ether oxygens (including phenoxy) is 2. The van der Waals surface area contributed by atoms with Crippen LogP contribution in [0.5, 0.6) is 0 Å². The fraction of sp³-hybridized carbons (Fsp3) is 0.737. The van der Waals surface area contributed by atoms with Crippen molar-refractivity contribution in [2.24, 2.45) is 5.92 Å². The van der Waals surface area contributed by atoms with E-state index in [0.717, 1.165) is 18.2 Å². The maximum atomic E-state index is 12.9. The molecular weight excluding hydrogens is 372 g/mol. The third-order valence-corrected chi connectivity index (χ3v) is 5.80. The number of hydrogen-bond acceptors (Lipinski definition) is 9. The summed E-state index contributed by atoms with van der Waals surface area (Å²) in [6.45, 7) is 4.74. The minimum Gasteiger partial charge on any atom is -0.508 e. The predicted octanol–water partition coefficient (Wildman–Crippen LogP) is -0.690. The molecule has 2 rings (SSSR count). The summed E-state index contributed by atoms with van der Waals surface area (Å²) in [5.41, 5.74) is -2.99. The summed E-state index contributed by atoms with van der Waals surface area (Å²) in [5, 5.41) is 60.9. The van der Waals surface area contributed by atoms with Crippen LogP contribution in [0.1, 0.15) is 33.6 Å². The molecule has 0 radical (unpaired) electrons. The highest BCUT2D eigenvalue weighted by Crippen LogP contribution is 2.39. The molecule has 160 valence electrons. The van der Waals surface area contributed by atoms with Gasteiger partial charge in [-0.25, -0.2) is 0 Å². The van der Waals surface area contributed by atoms with Gasteiger partial charge in [0.15, 0.2) is 0 Å². The number of hydrogen-bond donors (Lipinski definition) is 6. The maximum Gasteiger partial charge on any atom is 0.316 e. The SMILES string of the molecule is CCC(C)(CC)OC(=O)C1C=C(O)C=CC1(O)[C@@H]1O[C@H](CO)[C@@H](O)[C@H](O)[C@H]1O. The second-order valence-electron chi connectivity index (χ2n) is 7.62. The second-order valence-corrected chi connectivity index (χ2v) is 7.62. The monoisotopic (exact) mass is 402 g/mol. The van der Waals surface area contributed by atoms with Crippen molar-refractivity contribution in [2.45, 2.75) is 75.3 Å². The van der Waals surface area contributed by atoms with Crippen LogP contribution in [0.4, 0.5) is 0 Å². The first-order valence-electron chi connectivity index (χ1n) is 9.38. The lowest BCUT2D eigenvalue weighted by Crippen LogP contribution is -2.67. The summed E-state index contributed by atoms with van der Waals surface area (Å²) in [6, 6.07) is 0. The molecule has 0 aromatic heterocycles. The highest BCUT2D eigenvalue weighted by molar-refractivity contribution is 5.78. The zero-order chi connectivity index (χ0) is 21.3. The van der Waals surface area contributed by atoms with Crippen molar-refractivity contribution in [3.05, 3.63) is 24.0 Å². The zero-order valence-corrected chi connectivity index (χ0v) is 16.2. The molecule has 1 saturated heterocycles. The molecule has 28 heavy (non-hydrogen) atoms. The largest absolute Gasteiger partial charge is 0.508 e. The molecular formula is C19H30O9. The number of carbonyl (C=O) groups excluding carboxylic acids is 1. The van der Waals surface area contributed by atoms with Crippen molar-refractivity contribution in [3.8, 4) is 0 Å². The Kier molecular flexibility index (Phi) is 6.90. The third-order valence-electron chi connectivity index (χ3n) is 5.80. The molecule has 1 fully saturated rings. The summed E-state index contributed by atoms with van der Waals surface area (Å²) < 4.78 is 11.0. The first-order valence-corrected chi connectivity index (χ1v) is 9.38. The van der Waals surface area contributed by atoms with Crippen molar-refractivity contribution < 1.29 is 44.9 Å². The van der Waals surface area contributed by atoms with Crippen molar-refractivity contribution in [1.82, 2.24) is 0 Å². The van der Waals surface area contributed by atoms with Gasteiger partial charge in [-0.1, -0.05) is 13.8 Å². The summed E-state index contributed by atoms with van der Waals surface area (Å²) in [7, 11) is 0. The molecule has 0 bridgehead atoms. The Morgan fingerprint density at radius 3 is 2.36 bits per heavy atom. The first kappa shape index (κ1) is 22.8. The van der Waals surface area contributed by atoms with Crippen LogP contribution in [-0.2, 0) is 14.3 Å². The van der Waals surface area contributed by atoms with Crippen LogP contribution in [-0.4, -0.2) is 84.9 Å². The molecule has 1 aliphatic heterocycles. The van der Waals surface area contributed by atoms with Gasteiger partial charge in [0.05, 0.1) is 6.61 Å². The van der Waals surface area contributed by atoms with Crippen molar-refractivity contribution in [3.63, 3.8) is 0 Å². The van der Waals surface area contributed by atoms with Gasteiger partial charge in [-0.3, -0.25) is 4.79 Å². The Morgan fingerprint density at radius 2 is 1.82 bits per heavy atom. The molecule has 0 spiro atoms. The van der Waals surface area contributed by atoms with Crippen LogP contribution in [0, 0.1) is 5.92 Å². The lowest BCUT2D eigenvalue weighted by molar-refractivity contribution is -0.268. The molecule has 0 aromatic rings. The van der Waals surface area contributed by atoms with Gasteiger partial charge >= 0.3 is 5.97 Å². The average Bonchev–Trinajstić information content (AvgIpc) is 2.68. The molecule has 0 aromatic carbocycles. The normalized spacial score (nSPS) is 38.8. The second kappa shape index (κ2) is 8.48. The molecule has 2 aliphatic rings. The van der Waals surface area contributed by atoms with Gasteiger partial charge in [-0.15, -0.1) is 0 Å². The predicted molar refractivity (Wildman–Crippen MR) is 97.1 cm³/mol. The highest BCUT2D eigenvalue weighted by atomic mass is 16.6. The van der Waals surface area contributed by atoms with Gasteiger partial charge in [0.1, 0.15) is 53.4 Å². The standard InChI is InChI=1S/C19H30O9/c1-4-18(3,5-2)28-17(25)11-8-10(21)6-7-19(11,26)16-15(24)14(23)13(22)12(9-20)27-16/h6-8,11-16,20-24,26H,4-5,9H2,1-3H3/t11?,12-,13-,14+,15-,16-,19?/m1/s1. The minimum absolute atomic E-state index is 0.286. The van der Waals surface area contributed by atoms with Crippen molar-refractivity contribution in [1.29, 1.82) is 0 Å². The smallest absolute Gasteiger partial charge is 0.316 e. The van der Waals surface area contributed by atoms with Gasteiger partial charge < -0.3 is 40.1 Å². The summed E-state index contributed by atoms with van der Waals surface area (Å²) in [4.78, 5) is 12.9. The Bertz CT molecular complexity index is 625. The van der Waals surface area contributed by atoms with E-state index < -0.39 is 60.2 Å². The Hall–Kier alpha value is -1.49. The van der Waals surface area contributed by atoms with E-state index in [4.69, 9.17) is 9.47 Å². The van der Waals surface area contributed by atoms with Gasteiger partial charge in [-0.05, 0) is 38.0 Å². The molecule has 6 N–H and O–H groups in total. The Balaban J connectivity index is 2.39. The summed E-state index contributed by atoms with van der Waals surface area (Å²) in [6.07, 6.45) is -3.59. The molecule has 7 atom stereocenters. The van der Waals surface area contributed by atoms with Gasteiger partial charge in [0.25, 0.3) is 0 Å². The zero-order valence-electron chi connectivity index (χ0n) is 16.2. The van der Waals surface area contributed by atoms with E-state index in [0.29, 0.717) is 12.8 Å². The number of carbonyl (C=O) groups is 1. The fourth-order valence-corrected chi connectivity index (χ4v) is 3.40. The van der Waals surface area contributed by atoms with Crippen LogP contribution in [0.3, 0.4) is 0 Å². The molecule has 1 aliphatic carbocycles. The van der Waals surface area contributed by atoms with Crippen LogP contribution in [0.25, 0.3) is 0 Å². The third kappa shape index (κ3) is 4.10. The molecule has 1 heterocycles. The molecule has 2 unspecified atom stereocenters. The van der Waals surface area contributed by atoms with Crippen molar-refractivity contribution in [2.75, 3.05) is 6.61 Å². The number of allylic oxidation sites excluding steroid dienone is 1. The topological polar surface area (TPSA) is 157 Å². The number of aliphatic hydroxyl groups is 6. The lowest BCUT2D eigenvalue weighted by atomic mass is 9.74. The summed E-state index contributed by atoms with van der Waals surface area (Å²) >= 11 is 0. The van der Waals surface area contributed by atoms with E-state index in [1.807, 2.05) is 13.8 Å². The van der Waals surface area contributed by atoms with E-state index >= 15 is 0 Å². The van der Waals surface area contributed by atoms with E-state index in [2.05, 4.69) is 0 Å². The van der Waals surface area contributed by atoms with Crippen LogP contribution < -0.4 is 0 Å². The Morgan fingerprint density at radius 1 is 1.21 bits per heavy atom. The Labute approximate surface area is 163 Å². The van der Waals surface area contributed by atoms with Crippen LogP contribution in [0.15, 0.2) is 24.0 Å². The number of rotatable bonds is 6. The quantitative estimate of drug-likeness (QED) is 0.316. The minimum atomic E-state index is -2.19. The van der Waals surface area contributed by atoms with Gasteiger partial charge in [-0.2, -0.15) is 0 Å². The van der Waals surface area contributed by atoms with E-state index in [-0.39, 0.29) is 5.76 Å². The fourth-order valence-electron chi connectivity index (χ4n) is 3.40. The highest BCUT2D eigenvalue weighted by Gasteiger charge is 2.57. The maximum absolute atomic E-state index is 12.9. The van der Waals surface area contributed by atoms with E-state index in [1.54, 1.807) is 6.92 Å². The van der Waals surface area contributed by atoms with Crippen molar-refractivity contribution >= 4 is 5.97 Å². The van der Waals surface area contributed by atoms with Gasteiger partial charge in [0.2, 0.25) is 0 Å².